The number of anilines is 1. The van der Waals surface area contributed by atoms with E-state index < -0.39 is 0 Å². The minimum Gasteiger partial charge on any atom is -0.444 e. The standard InChI is InChI=1S/C16H19N3O2.ClH/c17-10-16(7-1-2-8-16)15(20)19-13-5-3-12(4-6-13)14-9-18-11-21-14;/h3-6,9,11H,1-2,7-8,10,17H2,(H,19,20);1H. The van der Waals surface area contributed by atoms with Crippen molar-refractivity contribution < 1.29 is 9.21 Å². The molecule has 0 radical (unpaired) electrons. The Labute approximate surface area is 135 Å². The summed E-state index contributed by atoms with van der Waals surface area (Å²) in [7, 11) is 0. The van der Waals surface area contributed by atoms with E-state index in [0.29, 0.717) is 12.3 Å². The Morgan fingerprint density at radius 3 is 2.50 bits per heavy atom. The molecule has 3 N–H and O–H groups in total. The molecule has 1 heterocycles. The van der Waals surface area contributed by atoms with Gasteiger partial charge in [-0.25, -0.2) is 4.98 Å². The van der Waals surface area contributed by atoms with Gasteiger partial charge in [-0.3, -0.25) is 4.79 Å². The number of hydrogen-bond donors (Lipinski definition) is 2. The van der Waals surface area contributed by atoms with Gasteiger partial charge in [0, 0.05) is 17.8 Å². The van der Waals surface area contributed by atoms with Crippen LogP contribution in [-0.2, 0) is 4.79 Å². The molecule has 118 valence electrons. The highest BCUT2D eigenvalue weighted by Gasteiger charge is 2.39. The molecule has 1 aliphatic carbocycles. The van der Waals surface area contributed by atoms with Crippen molar-refractivity contribution in [3.63, 3.8) is 0 Å². The van der Waals surface area contributed by atoms with Gasteiger partial charge in [0.1, 0.15) is 0 Å². The molecule has 1 aliphatic rings. The second-order valence-electron chi connectivity index (χ2n) is 5.59. The Kier molecular flexibility index (Phi) is 5.21. The lowest BCUT2D eigenvalue weighted by atomic mass is 9.85. The molecule has 3 rings (SSSR count). The monoisotopic (exact) mass is 321 g/mol. The van der Waals surface area contributed by atoms with E-state index in [2.05, 4.69) is 10.3 Å². The van der Waals surface area contributed by atoms with Crippen LogP contribution in [0, 0.1) is 5.41 Å². The summed E-state index contributed by atoms with van der Waals surface area (Å²) in [6, 6.07) is 7.55. The summed E-state index contributed by atoms with van der Waals surface area (Å²) >= 11 is 0. The second kappa shape index (κ2) is 6.94. The zero-order chi connectivity index (χ0) is 14.7. The fourth-order valence-corrected chi connectivity index (χ4v) is 2.92. The van der Waals surface area contributed by atoms with E-state index in [-0.39, 0.29) is 23.7 Å². The number of nitrogens with one attached hydrogen (secondary N) is 1. The van der Waals surface area contributed by atoms with Gasteiger partial charge in [0.2, 0.25) is 5.91 Å². The first-order valence-electron chi connectivity index (χ1n) is 7.24. The number of carbonyl (C=O) groups excluding carboxylic acids is 1. The van der Waals surface area contributed by atoms with Crippen LogP contribution in [0.2, 0.25) is 0 Å². The van der Waals surface area contributed by atoms with Gasteiger partial charge in [0.25, 0.3) is 0 Å². The SMILES string of the molecule is Cl.NCC1(C(=O)Nc2ccc(-c3cnco3)cc2)CCCC1. The van der Waals surface area contributed by atoms with Crippen LogP contribution in [0.5, 0.6) is 0 Å². The maximum atomic E-state index is 12.5. The Hall–Kier alpha value is -1.85. The summed E-state index contributed by atoms with van der Waals surface area (Å²) in [5.74, 6) is 0.747. The fourth-order valence-electron chi connectivity index (χ4n) is 2.92. The third-order valence-electron chi connectivity index (χ3n) is 4.29. The maximum Gasteiger partial charge on any atom is 0.231 e. The van der Waals surface area contributed by atoms with Crippen LogP contribution in [0.15, 0.2) is 41.3 Å². The Bertz CT molecular complexity index is 605. The molecule has 22 heavy (non-hydrogen) atoms. The molecular formula is C16H20ClN3O2. The maximum absolute atomic E-state index is 12.5. The van der Waals surface area contributed by atoms with Gasteiger partial charge in [-0.1, -0.05) is 12.8 Å². The highest BCUT2D eigenvalue weighted by atomic mass is 35.5. The molecule has 2 aromatic rings. The van der Waals surface area contributed by atoms with Crippen LogP contribution in [-0.4, -0.2) is 17.4 Å². The molecule has 0 atom stereocenters. The second-order valence-corrected chi connectivity index (χ2v) is 5.59. The molecule has 1 saturated carbocycles. The third kappa shape index (κ3) is 3.15. The molecule has 0 aliphatic heterocycles. The predicted octanol–water partition coefficient (Wildman–Crippen LogP) is 3.22. The predicted molar refractivity (Wildman–Crippen MR) is 87.8 cm³/mol. The van der Waals surface area contributed by atoms with Gasteiger partial charge >= 0.3 is 0 Å². The molecule has 1 amide bonds. The smallest absolute Gasteiger partial charge is 0.231 e. The Morgan fingerprint density at radius 1 is 1.27 bits per heavy atom. The minimum atomic E-state index is -0.385. The fraction of sp³-hybridized carbons (Fsp3) is 0.375. The van der Waals surface area contributed by atoms with E-state index in [4.69, 9.17) is 10.2 Å². The molecular weight excluding hydrogens is 302 g/mol. The summed E-state index contributed by atoms with van der Waals surface area (Å²) in [6.45, 7) is 0.412. The average Bonchev–Trinajstić information content (AvgIpc) is 3.20. The van der Waals surface area contributed by atoms with Gasteiger partial charge in [0.05, 0.1) is 11.6 Å². The molecule has 0 saturated heterocycles. The number of carbonyl (C=O) groups is 1. The van der Waals surface area contributed by atoms with Crippen molar-refractivity contribution in [2.24, 2.45) is 11.1 Å². The summed E-state index contributed by atoms with van der Waals surface area (Å²) in [6.07, 6.45) is 6.98. The number of oxazole rings is 1. The number of aromatic nitrogens is 1. The van der Waals surface area contributed by atoms with Crippen LogP contribution < -0.4 is 11.1 Å². The van der Waals surface area contributed by atoms with Crippen LogP contribution in [0.1, 0.15) is 25.7 Å². The quantitative estimate of drug-likeness (QED) is 0.906. The largest absolute Gasteiger partial charge is 0.444 e. The first-order chi connectivity index (χ1) is 10.2. The van der Waals surface area contributed by atoms with Crippen molar-refractivity contribution in [3.8, 4) is 11.3 Å². The van der Waals surface area contributed by atoms with Gasteiger partial charge in [-0.15, -0.1) is 12.4 Å². The topological polar surface area (TPSA) is 81.2 Å². The molecule has 1 aromatic heterocycles. The van der Waals surface area contributed by atoms with Crippen LogP contribution >= 0.6 is 12.4 Å². The van der Waals surface area contributed by atoms with Crippen LogP contribution in [0.4, 0.5) is 5.69 Å². The molecule has 6 heteroatoms. The van der Waals surface area contributed by atoms with Gasteiger partial charge in [0.15, 0.2) is 12.2 Å². The van der Waals surface area contributed by atoms with Crippen molar-refractivity contribution in [2.45, 2.75) is 25.7 Å². The van der Waals surface area contributed by atoms with Crippen molar-refractivity contribution in [3.05, 3.63) is 36.9 Å². The number of amides is 1. The van der Waals surface area contributed by atoms with Crippen molar-refractivity contribution in [2.75, 3.05) is 11.9 Å². The summed E-state index contributed by atoms with van der Waals surface area (Å²) in [4.78, 5) is 16.4. The molecule has 1 aromatic carbocycles. The Morgan fingerprint density at radius 2 is 1.95 bits per heavy atom. The van der Waals surface area contributed by atoms with E-state index in [1.54, 1.807) is 6.20 Å². The minimum absolute atomic E-state index is 0. The molecule has 5 nitrogen and oxygen atoms in total. The first kappa shape index (κ1) is 16.5. The van der Waals surface area contributed by atoms with E-state index in [1.807, 2.05) is 24.3 Å². The van der Waals surface area contributed by atoms with Gasteiger partial charge in [-0.2, -0.15) is 0 Å². The highest BCUT2D eigenvalue weighted by molar-refractivity contribution is 5.95. The number of benzene rings is 1. The summed E-state index contributed by atoms with van der Waals surface area (Å²) in [5, 5.41) is 2.98. The third-order valence-corrected chi connectivity index (χ3v) is 4.29. The van der Waals surface area contributed by atoms with Crippen molar-refractivity contribution in [1.82, 2.24) is 4.98 Å². The van der Waals surface area contributed by atoms with Gasteiger partial charge < -0.3 is 15.5 Å². The lowest BCUT2D eigenvalue weighted by Crippen LogP contribution is -2.40. The summed E-state index contributed by atoms with van der Waals surface area (Å²) < 4.78 is 5.24. The number of nitrogens with two attached hydrogens (primary N) is 1. The van der Waals surface area contributed by atoms with Crippen LogP contribution in [0.25, 0.3) is 11.3 Å². The Balaban J connectivity index is 0.00000176. The van der Waals surface area contributed by atoms with Crippen LogP contribution in [0.3, 0.4) is 0 Å². The zero-order valence-corrected chi connectivity index (χ0v) is 13.1. The zero-order valence-electron chi connectivity index (χ0n) is 12.2. The lowest BCUT2D eigenvalue weighted by molar-refractivity contribution is -0.124. The number of hydrogen-bond acceptors (Lipinski definition) is 4. The van der Waals surface area contributed by atoms with Gasteiger partial charge in [-0.05, 0) is 37.1 Å². The molecule has 0 spiro atoms. The van der Waals surface area contributed by atoms with Crippen molar-refractivity contribution in [1.29, 1.82) is 0 Å². The van der Waals surface area contributed by atoms with E-state index >= 15 is 0 Å². The molecule has 0 bridgehead atoms. The summed E-state index contributed by atoms with van der Waals surface area (Å²) in [5.41, 5.74) is 7.16. The molecule has 0 unspecified atom stereocenters. The van der Waals surface area contributed by atoms with E-state index in [0.717, 1.165) is 36.9 Å². The first-order valence-corrected chi connectivity index (χ1v) is 7.24. The van der Waals surface area contributed by atoms with E-state index in [9.17, 15) is 4.79 Å². The number of rotatable bonds is 4. The van der Waals surface area contributed by atoms with Crippen molar-refractivity contribution >= 4 is 24.0 Å². The normalized spacial score (nSPS) is 16.0. The lowest BCUT2D eigenvalue weighted by Gasteiger charge is -2.25. The molecule has 1 fully saturated rings. The average molecular weight is 322 g/mol. The van der Waals surface area contributed by atoms with E-state index in [1.165, 1.54) is 6.39 Å². The highest BCUT2D eigenvalue weighted by Crippen LogP contribution is 2.38. The number of halogens is 1. The number of nitrogens with zero attached hydrogens (tertiary/aromatic N) is 1.